The Balaban J connectivity index is 1.73. The van der Waals surface area contributed by atoms with Gasteiger partial charge in [0.2, 0.25) is 10.0 Å². The second kappa shape index (κ2) is 9.13. The number of esters is 1. The van der Waals surface area contributed by atoms with E-state index >= 15 is 0 Å². The highest BCUT2D eigenvalue weighted by atomic mass is 35.5. The monoisotopic (exact) mass is 416 g/mol. The quantitative estimate of drug-likeness (QED) is 0.644. The lowest BCUT2D eigenvalue weighted by Crippen LogP contribution is -2.27. The Bertz CT molecular complexity index is 882. The molecule has 0 bridgehead atoms. The lowest BCUT2D eigenvalue weighted by molar-refractivity contribution is -0.147. The molecule has 2 rings (SSSR count). The zero-order valence-corrected chi connectivity index (χ0v) is 16.2. The van der Waals surface area contributed by atoms with Crippen LogP contribution in [-0.2, 0) is 24.3 Å². The van der Waals surface area contributed by atoms with Crippen LogP contribution in [0.25, 0.3) is 0 Å². The molecule has 0 spiro atoms. The van der Waals surface area contributed by atoms with Crippen LogP contribution in [0, 0.1) is 6.92 Å². The van der Waals surface area contributed by atoms with Crippen LogP contribution < -0.4 is 10.0 Å². The standard InChI is InChI=1S/C16H17ClN2O5S2/c1-11-12(17)4-2-5-13(11)19-14(20)10-24-15(21)7-8-18-26(22,23)16-6-3-9-25-16/h2-6,9,18H,7-8,10H2,1H3,(H,19,20). The molecule has 1 aromatic heterocycles. The lowest BCUT2D eigenvalue weighted by Gasteiger charge is -2.10. The zero-order chi connectivity index (χ0) is 19.2. The van der Waals surface area contributed by atoms with Crippen molar-refractivity contribution in [3.8, 4) is 0 Å². The second-order valence-electron chi connectivity index (χ2n) is 5.20. The largest absolute Gasteiger partial charge is 0.456 e. The van der Waals surface area contributed by atoms with Crippen molar-refractivity contribution in [1.82, 2.24) is 4.72 Å². The van der Waals surface area contributed by atoms with E-state index in [0.29, 0.717) is 16.3 Å². The topological polar surface area (TPSA) is 102 Å². The Hall–Kier alpha value is -1.94. The molecular formula is C16H17ClN2O5S2. The molecular weight excluding hydrogens is 400 g/mol. The van der Waals surface area contributed by atoms with Gasteiger partial charge < -0.3 is 10.1 Å². The minimum atomic E-state index is -3.62. The van der Waals surface area contributed by atoms with E-state index in [4.69, 9.17) is 16.3 Å². The smallest absolute Gasteiger partial charge is 0.307 e. The van der Waals surface area contributed by atoms with Gasteiger partial charge >= 0.3 is 5.97 Å². The third kappa shape index (κ3) is 5.80. The Kier molecular flexibility index (Phi) is 7.15. The first-order valence-corrected chi connectivity index (χ1v) is 10.3. The van der Waals surface area contributed by atoms with Crippen molar-refractivity contribution in [2.75, 3.05) is 18.5 Å². The number of rotatable bonds is 8. The zero-order valence-electron chi connectivity index (χ0n) is 13.8. The SMILES string of the molecule is Cc1c(Cl)cccc1NC(=O)COC(=O)CCNS(=O)(=O)c1cccs1. The Morgan fingerprint density at radius 3 is 2.69 bits per heavy atom. The highest BCUT2D eigenvalue weighted by Gasteiger charge is 2.16. The summed E-state index contributed by atoms with van der Waals surface area (Å²) in [7, 11) is -3.62. The van der Waals surface area contributed by atoms with Crippen LogP contribution in [0.1, 0.15) is 12.0 Å². The summed E-state index contributed by atoms with van der Waals surface area (Å²) in [5, 5.41) is 4.75. The van der Waals surface area contributed by atoms with Gasteiger partial charge in [-0.25, -0.2) is 13.1 Å². The first-order chi connectivity index (χ1) is 12.3. The van der Waals surface area contributed by atoms with E-state index in [1.54, 1.807) is 36.6 Å². The highest BCUT2D eigenvalue weighted by Crippen LogP contribution is 2.22. The van der Waals surface area contributed by atoms with Crippen molar-refractivity contribution in [3.05, 3.63) is 46.3 Å². The van der Waals surface area contributed by atoms with Crippen LogP contribution >= 0.6 is 22.9 Å². The fourth-order valence-electron chi connectivity index (χ4n) is 1.92. The van der Waals surface area contributed by atoms with Gasteiger partial charge in [-0.3, -0.25) is 9.59 Å². The van der Waals surface area contributed by atoms with Crippen LogP contribution in [0.4, 0.5) is 5.69 Å². The number of amides is 1. The predicted molar refractivity (Wildman–Crippen MR) is 99.9 cm³/mol. The molecule has 2 aromatic rings. The first-order valence-electron chi connectivity index (χ1n) is 7.53. The Morgan fingerprint density at radius 1 is 1.23 bits per heavy atom. The van der Waals surface area contributed by atoms with E-state index < -0.39 is 28.5 Å². The molecule has 140 valence electrons. The van der Waals surface area contributed by atoms with E-state index in [9.17, 15) is 18.0 Å². The summed E-state index contributed by atoms with van der Waals surface area (Å²) in [4.78, 5) is 23.5. The minimum absolute atomic E-state index is 0.117. The number of sulfonamides is 1. The van der Waals surface area contributed by atoms with Crippen LogP contribution in [0.2, 0.25) is 5.02 Å². The molecule has 1 heterocycles. The summed E-state index contributed by atoms with van der Waals surface area (Å²) in [6, 6.07) is 8.15. The molecule has 0 aliphatic heterocycles. The van der Waals surface area contributed by atoms with Crippen molar-refractivity contribution in [3.63, 3.8) is 0 Å². The van der Waals surface area contributed by atoms with Crippen molar-refractivity contribution in [1.29, 1.82) is 0 Å². The van der Waals surface area contributed by atoms with Crippen molar-refractivity contribution >= 4 is 50.5 Å². The van der Waals surface area contributed by atoms with E-state index in [1.807, 2.05) is 0 Å². The summed E-state index contributed by atoms with van der Waals surface area (Å²) in [5.41, 5.74) is 1.24. The minimum Gasteiger partial charge on any atom is -0.456 e. The fraction of sp³-hybridized carbons (Fsp3) is 0.250. The maximum atomic E-state index is 11.9. The molecule has 10 heteroatoms. The molecule has 1 amide bonds. The van der Waals surface area contributed by atoms with Gasteiger partial charge in [-0.15, -0.1) is 11.3 Å². The molecule has 0 unspecified atom stereocenters. The molecule has 0 saturated heterocycles. The number of hydrogen-bond acceptors (Lipinski definition) is 6. The van der Waals surface area contributed by atoms with Gasteiger partial charge in [-0.05, 0) is 36.1 Å². The van der Waals surface area contributed by atoms with E-state index in [2.05, 4.69) is 10.0 Å². The van der Waals surface area contributed by atoms with Crippen molar-refractivity contribution in [2.45, 2.75) is 17.6 Å². The first kappa shape index (κ1) is 20.4. The summed E-state index contributed by atoms with van der Waals surface area (Å²) >= 11 is 7.04. The van der Waals surface area contributed by atoms with Gasteiger partial charge in [0, 0.05) is 17.3 Å². The highest BCUT2D eigenvalue weighted by molar-refractivity contribution is 7.91. The number of carbonyl (C=O) groups is 2. The van der Waals surface area contributed by atoms with Gasteiger partial charge in [0.05, 0.1) is 6.42 Å². The molecule has 0 fully saturated rings. The molecule has 0 radical (unpaired) electrons. The van der Waals surface area contributed by atoms with Crippen molar-refractivity contribution in [2.24, 2.45) is 0 Å². The average Bonchev–Trinajstić information content (AvgIpc) is 3.12. The summed E-state index contributed by atoms with van der Waals surface area (Å²) < 4.78 is 31.1. The van der Waals surface area contributed by atoms with E-state index in [1.165, 1.54) is 6.07 Å². The summed E-state index contributed by atoms with van der Waals surface area (Å²) in [6.45, 7) is 1.17. The van der Waals surface area contributed by atoms with Crippen LogP contribution in [0.15, 0.2) is 39.9 Å². The van der Waals surface area contributed by atoms with Gasteiger partial charge in [0.1, 0.15) is 4.21 Å². The molecule has 26 heavy (non-hydrogen) atoms. The van der Waals surface area contributed by atoms with Gasteiger partial charge in [-0.2, -0.15) is 0 Å². The van der Waals surface area contributed by atoms with Gasteiger partial charge in [0.25, 0.3) is 5.91 Å². The third-order valence-corrected chi connectivity index (χ3v) is 6.56. The van der Waals surface area contributed by atoms with Crippen LogP contribution in [0.5, 0.6) is 0 Å². The molecule has 7 nitrogen and oxygen atoms in total. The fourth-order valence-corrected chi connectivity index (χ4v) is 4.17. The van der Waals surface area contributed by atoms with Gasteiger partial charge in [-0.1, -0.05) is 23.7 Å². The number of hydrogen-bond donors (Lipinski definition) is 2. The molecule has 0 atom stereocenters. The normalized spacial score (nSPS) is 11.2. The number of halogens is 1. The number of anilines is 1. The van der Waals surface area contributed by atoms with E-state index in [0.717, 1.165) is 11.3 Å². The summed E-state index contributed by atoms with van der Waals surface area (Å²) in [5.74, 6) is -1.19. The molecule has 0 saturated carbocycles. The average molecular weight is 417 g/mol. The predicted octanol–water partition coefficient (Wildman–Crippen LogP) is 2.56. The number of carbonyl (C=O) groups excluding carboxylic acids is 2. The maximum absolute atomic E-state index is 11.9. The van der Waals surface area contributed by atoms with E-state index in [-0.39, 0.29) is 17.2 Å². The number of nitrogens with one attached hydrogen (secondary N) is 2. The van der Waals surface area contributed by atoms with Gasteiger partial charge in [0.15, 0.2) is 6.61 Å². The molecule has 1 aromatic carbocycles. The number of ether oxygens (including phenoxy) is 1. The number of benzene rings is 1. The lowest BCUT2D eigenvalue weighted by atomic mass is 10.2. The maximum Gasteiger partial charge on any atom is 0.307 e. The number of thiophene rings is 1. The Morgan fingerprint density at radius 2 is 2.00 bits per heavy atom. The molecule has 0 aliphatic rings. The molecule has 2 N–H and O–H groups in total. The van der Waals surface area contributed by atoms with Crippen LogP contribution in [0.3, 0.4) is 0 Å². The van der Waals surface area contributed by atoms with Crippen LogP contribution in [-0.4, -0.2) is 33.4 Å². The second-order valence-corrected chi connectivity index (χ2v) is 8.55. The Labute approximate surface area is 160 Å². The molecule has 0 aliphatic carbocycles. The van der Waals surface area contributed by atoms with Crippen molar-refractivity contribution < 1.29 is 22.7 Å². The summed E-state index contributed by atoms with van der Waals surface area (Å²) in [6.07, 6.45) is -0.186. The third-order valence-electron chi connectivity index (χ3n) is 3.29.